The van der Waals surface area contributed by atoms with Crippen molar-refractivity contribution in [3.63, 3.8) is 0 Å². The van der Waals surface area contributed by atoms with Gasteiger partial charge >= 0.3 is 11.9 Å². The van der Waals surface area contributed by atoms with E-state index in [1.54, 1.807) is 20.8 Å². The number of carbonyl (C=O) groups excluding carboxylic acids is 2. The van der Waals surface area contributed by atoms with Gasteiger partial charge in [-0.25, -0.2) is 9.78 Å². The number of thiophene rings is 1. The maximum absolute atomic E-state index is 12.8. The van der Waals surface area contributed by atoms with Gasteiger partial charge in [0, 0.05) is 19.5 Å². The average Bonchev–Trinajstić information content (AvgIpc) is 3.02. The molecule has 0 aliphatic carbocycles. The quantitative estimate of drug-likeness (QED) is 0.444. The molecule has 184 valence electrons. The number of hydrogen-bond donors (Lipinski definition) is 2. The Morgan fingerprint density at radius 1 is 1.21 bits per heavy atom. The fourth-order valence-corrected chi connectivity index (χ4v) is 4.56. The molecule has 2 aromatic heterocycles. The molecule has 33 heavy (non-hydrogen) atoms. The number of hydrogen-bond acceptors (Lipinski definition) is 9. The van der Waals surface area contributed by atoms with Crippen LogP contribution in [-0.2, 0) is 20.8 Å². The molecule has 2 aromatic rings. The van der Waals surface area contributed by atoms with Crippen LogP contribution < -0.4 is 5.56 Å². The largest absolute Gasteiger partial charge is 0.463 e. The van der Waals surface area contributed by atoms with Crippen LogP contribution in [0.25, 0.3) is 10.2 Å². The molecule has 0 radical (unpaired) electrons. The molecular weight excluding hydrogens is 446 g/mol. The number of aliphatic hydroxyl groups is 1. The first-order chi connectivity index (χ1) is 15.5. The monoisotopic (exact) mass is 481 g/mol. The lowest BCUT2D eigenvalue weighted by molar-refractivity contribution is -0.147. The van der Waals surface area contributed by atoms with Crippen LogP contribution in [0.1, 0.15) is 68.5 Å². The van der Waals surface area contributed by atoms with E-state index in [0.717, 1.165) is 11.3 Å². The number of carbonyl (C=O) groups is 2. The number of esters is 2. The number of rotatable bonds is 12. The van der Waals surface area contributed by atoms with Gasteiger partial charge in [0.2, 0.25) is 0 Å². The van der Waals surface area contributed by atoms with Gasteiger partial charge in [-0.1, -0.05) is 20.8 Å². The zero-order valence-electron chi connectivity index (χ0n) is 20.3. The van der Waals surface area contributed by atoms with Crippen molar-refractivity contribution in [1.82, 2.24) is 14.9 Å². The van der Waals surface area contributed by atoms with Gasteiger partial charge in [0.25, 0.3) is 5.56 Å². The number of nitrogens with one attached hydrogen (secondary N) is 1. The molecule has 1 atom stereocenters. The first-order valence-corrected chi connectivity index (χ1v) is 12.1. The van der Waals surface area contributed by atoms with Gasteiger partial charge in [-0.05, 0) is 38.7 Å². The summed E-state index contributed by atoms with van der Waals surface area (Å²) in [5, 5.41) is 10.8. The van der Waals surface area contributed by atoms with E-state index < -0.39 is 12.1 Å². The highest BCUT2D eigenvalue weighted by atomic mass is 32.1. The number of aromatic nitrogens is 2. The number of fused-ring (bicyclic) bond motifs is 1. The Labute approximate surface area is 198 Å². The Kier molecular flexibility index (Phi) is 10.00. The van der Waals surface area contributed by atoms with Gasteiger partial charge in [0.05, 0.1) is 18.0 Å². The summed E-state index contributed by atoms with van der Waals surface area (Å²) in [6.45, 7) is 12.4. The topological polar surface area (TPSA) is 122 Å². The molecule has 0 aliphatic heterocycles. The van der Waals surface area contributed by atoms with Crippen molar-refractivity contribution in [2.75, 3.05) is 19.7 Å². The van der Waals surface area contributed by atoms with Crippen LogP contribution in [0.4, 0.5) is 0 Å². The molecular formula is C23H35N3O6S. The zero-order valence-corrected chi connectivity index (χ0v) is 21.1. The van der Waals surface area contributed by atoms with Gasteiger partial charge in [0.15, 0.2) is 0 Å². The second kappa shape index (κ2) is 12.2. The molecule has 2 N–H and O–H groups in total. The third kappa shape index (κ3) is 7.90. The number of aliphatic hydroxyl groups excluding tert-OH is 1. The van der Waals surface area contributed by atoms with Crippen LogP contribution in [0.3, 0.4) is 0 Å². The van der Waals surface area contributed by atoms with Gasteiger partial charge in [-0.2, -0.15) is 0 Å². The Balaban J connectivity index is 2.21. The Morgan fingerprint density at radius 2 is 1.91 bits per heavy atom. The van der Waals surface area contributed by atoms with Crippen LogP contribution in [0.5, 0.6) is 0 Å². The van der Waals surface area contributed by atoms with Crippen molar-refractivity contribution in [1.29, 1.82) is 0 Å². The molecule has 0 aromatic carbocycles. The normalized spacial score (nSPS) is 12.7. The number of nitrogens with zero attached hydrogens (tertiary/aromatic N) is 2. The minimum atomic E-state index is -0.860. The molecule has 10 heteroatoms. The minimum absolute atomic E-state index is 0.0815. The molecule has 0 unspecified atom stereocenters. The summed E-state index contributed by atoms with van der Waals surface area (Å²) in [6, 6.07) is 0. The third-order valence-corrected chi connectivity index (χ3v) is 5.90. The zero-order chi connectivity index (χ0) is 24.7. The molecule has 0 amide bonds. The molecule has 0 saturated carbocycles. The van der Waals surface area contributed by atoms with E-state index in [-0.39, 0.29) is 30.8 Å². The maximum atomic E-state index is 12.8. The molecule has 0 saturated heterocycles. The Bertz CT molecular complexity index is 1010. The third-order valence-electron chi connectivity index (χ3n) is 4.73. The summed E-state index contributed by atoms with van der Waals surface area (Å²) in [7, 11) is 0. The highest BCUT2D eigenvalue weighted by Gasteiger charge is 2.22. The van der Waals surface area contributed by atoms with Crippen LogP contribution in [0, 0.1) is 12.8 Å². The first kappa shape index (κ1) is 26.9. The Hall–Kier alpha value is -2.30. The second-order valence-electron chi connectivity index (χ2n) is 8.88. The predicted molar refractivity (Wildman–Crippen MR) is 128 cm³/mol. The van der Waals surface area contributed by atoms with E-state index in [4.69, 9.17) is 9.47 Å². The lowest BCUT2D eigenvalue weighted by Gasteiger charge is -2.26. The number of ether oxygens (including phenoxy) is 2. The van der Waals surface area contributed by atoms with Crippen LogP contribution in [-0.4, -0.2) is 63.8 Å². The number of aromatic amines is 1. The number of H-pyrrole nitrogens is 1. The second-order valence-corrected chi connectivity index (χ2v) is 9.88. The predicted octanol–water partition coefficient (Wildman–Crippen LogP) is 3.02. The Morgan fingerprint density at radius 3 is 2.52 bits per heavy atom. The van der Waals surface area contributed by atoms with E-state index >= 15 is 0 Å². The van der Waals surface area contributed by atoms with Gasteiger partial charge in [0.1, 0.15) is 28.2 Å². The molecule has 0 fully saturated rings. The summed E-state index contributed by atoms with van der Waals surface area (Å²) in [4.78, 5) is 46.9. The highest BCUT2D eigenvalue weighted by Crippen LogP contribution is 2.28. The minimum Gasteiger partial charge on any atom is -0.463 e. The van der Waals surface area contributed by atoms with Crippen molar-refractivity contribution in [3.8, 4) is 0 Å². The van der Waals surface area contributed by atoms with E-state index in [9.17, 15) is 19.5 Å². The van der Waals surface area contributed by atoms with Crippen molar-refractivity contribution in [2.45, 2.75) is 73.1 Å². The van der Waals surface area contributed by atoms with Crippen LogP contribution in [0.2, 0.25) is 0 Å². The van der Waals surface area contributed by atoms with Crippen molar-refractivity contribution < 1.29 is 24.2 Å². The van der Waals surface area contributed by atoms with Crippen molar-refractivity contribution in [3.05, 3.63) is 26.6 Å². The summed E-state index contributed by atoms with van der Waals surface area (Å²) >= 11 is 1.14. The molecule has 0 aliphatic rings. The fraction of sp³-hybridized carbons (Fsp3) is 0.652. The smallest absolute Gasteiger partial charge is 0.348 e. The summed E-state index contributed by atoms with van der Waals surface area (Å²) in [6.07, 6.45) is -0.113. The number of aryl methyl sites for hydroxylation is 1. The maximum Gasteiger partial charge on any atom is 0.348 e. The van der Waals surface area contributed by atoms with Crippen molar-refractivity contribution >= 4 is 33.5 Å². The summed E-state index contributed by atoms with van der Waals surface area (Å²) in [5.41, 5.74) is 0.246. The highest BCUT2D eigenvalue weighted by molar-refractivity contribution is 7.20. The van der Waals surface area contributed by atoms with Crippen molar-refractivity contribution in [2.24, 2.45) is 5.92 Å². The van der Waals surface area contributed by atoms with Gasteiger partial charge in [-0.3, -0.25) is 14.5 Å². The molecule has 9 nitrogen and oxygen atoms in total. The fourth-order valence-electron chi connectivity index (χ4n) is 3.47. The van der Waals surface area contributed by atoms with E-state index in [1.807, 2.05) is 11.8 Å². The molecule has 0 spiro atoms. The molecule has 0 bridgehead atoms. The standard InChI is InChI=1S/C23H35N3O6S/c1-7-8-18(28)31-12-16(27)10-26(9-13(2)3)11-17-24-21(29)19-15(6)20(33-22(19)25-17)23(30)32-14(4)5/h13-14,16,27H,7-12H2,1-6H3,(H,24,25,29)/t16-/m0/s1. The lowest BCUT2D eigenvalue weighted by atomic mass is 10.2. The van der Waals surface area contributed by atoms with Gasteiger partial charge in [-0.15, -0.1) is 11.3 Å². The van der Waals surface area contributed by atoms with Crippen LogP contribution >= 0.6 is 11.3 Å². The van der Waals surface area contributed by atoms with Crippen LogP contribution in [0.15, 0.2) is 4.79 Å². The molecule has 2 rings (SSSR count). The molecule has 2 heterocycles. The summed E-state index contributed by atoms with van der Waals surface area (Å²) < 4.78 is 10.4. The van der Waals surface area contributed by atoms with E-state index in [1.165, 1.54) is 0 Å². The lowest BCUT2D eigenvalue weighted by Crippen LogP contribution is -2.38. The first-order valence-electron chi connectivity index (χ1n) is 11.3. The van der Waals surface area contributed by atoms with E-state index in [2.05, 4.69) is 23.8 Å². The summed E-state index contributed by atoms with van der Waals surface area (Å²) in [5.74, 6) is -0.0538. The SMILES string of the molecule is CCCC(=O)OC[C@@H](O)CN(Cc1nc2sc(C(=O)OC(C)C)c(C)c2c(=O)[nH]1)CC(C)C. The van der Waals surface area contributed by atoms with Gasteiger partial charge < -0.3 is 19.6 Å². The average molecular weight is 482 g/mol. The van der Waals surface area contributed by atoms with E-state index in [0.29, 0.717) is 58.3 Å².